The Kier molecular flexibility index (Phi) is 4.19. The number of methoxy groups -OCH3 is 1. The van der Waals surface area contributed by atoms with E-state index in [1.807, 2.05) is 0 Å². The number of nitrogens with one attached hydrogen (secondary N) is 2. The number of hydrogen-bond donors (Lipinski definition) is 3. The van der Waals surface area contributed by atoms with Crippen LogP contribution in [0.4, 0.5) is 4.79 Å². The van der Waals surface area contributed by atoms with Crippen molar-refractivity contribution in [1.82, 2.24) is 10.6 Å². The summed E-state index contributed by atoms with van der Waals surface area (Å²) >= 11 is 0. The number of amides is 2. The molecule has 0 bridgehead atoms. The predicted molar refractivity (Wildman–Crippen MR) is 78.0 cm³/mol. The fraction of sp³-hybridized carbons (Fsp3) is 0.867. The third kappa shape index (κ3) is 2.73. The zero-order chi connectivity index (χ0) is 15.8. The van der Waals surface area contributed by atoms with Gasteiger partial charge in [0.25, 0.3) is 0 Å². The largest absolute Gasteiger partial charge is 0.481 e. The summed E-state index contributed by atoms with van der Waals surface area (Å²) in [6.45, 7) is 5.83. The zero-order valence-corrected chi connectivity index (χ0v) is 13.2. The van der Waals surface area contributed by atoms with Crippen LogP contribution in [-0.2, 0) is 9.53 Å². The van der Waals surface area contributed by atoms with E-state index in [-0.39, 0.29) is 29.6 Å². The molecule has 4 atom stereocenters. The van der Waals surface area contributed by atoms with Gasteiger partial charge in [0.1, 0.15) is 0 Å². The van der Waals surface area contributed by atoms with E-state index in [0.29, 0.717) is 12.8 Å². The molecule has 6 nitrogen and oxygen atoms in total. The number of hydrogen-bond acceptors (Lipinski definition) is 3. The summed E-state index contributed by atoms with van der Waals surface area (Å²) in [5.41, 5.74) is -0.959. The third-order valence-corrected chi connectivity index (χ3v) is 5.52. The first-order valence-electron chi connectivity index (χ1n) is 7.55. The molecule has 0 aliphatic heterocycles. The quantitative estimate of drug-likeness (QED) is 0.738. The molecule has 0 saturated heterocycles. The van der Waals surface area contributed by atoms with Gasteiger partial charge < -0.3 is 20.5 Å². The molecule has 2 saturated carbocycles. The average molecular weight is 298 g/mol. The summed E-state index contributed by atoms with van der Waals surface area (Å²) in [6, 6.07) is -0.529. The molecule has 3 N–H and O–H groups in total. The number of carboxylic acid groups (broad SMARTS) is 1. The van der Waals surface area contributed by atoms with Gasteiger partial charge in [0, 0.05) is 24.6 Å². The van der Waals surface area contributed by atoms with E-state index in [0.717, 1.165) is 12.8 Å². The Balaban J connectivity index is 1.90. The van der Waals surface area contributed by atoms with Crippen molar-refractivity contribution < 1.29 is 19.4 Å². The summed E-state index contributed by atoms with van der Waals surface area (Å²) in [6.07, 6.45) is 3.09. The maximum atomic E-state index is 12.1. The summed E-state index contributed by atoms with van der Waals surface area (Å²) in [7, 11) is 1.68. The molecule has 0 heterocycles. The number of carbonyl (C=O) groups excluding carboxylic acids is 1. The number of carbonyl (C=O) groups is 2. The van der Waals surface area contributed by atoms with Crippen LogP contribution in [0.25, 0.3) is 0 Å². The van der Waals surface area contributed by atoms with Crippen LogP contribution in [0.1, 0.15) is 46.5 Å². The Morgan fingerprint density at radius 1 is 1.19 bits per heavy atom. The monoisotopic (exact) mass is 298 g/mol. The molecule has 0 spiro atoms. The van der Waals surface area contributed by atoms with E-state index in [9.17, 15) is 14.7 Å². The van der Waals surface area contributed by atoms with E-state index < -0.39 is 11.4 Å². The van der Waals surface area contributed by atoms with Crippen molar-refractivity contribution in [3.05, 3.63) is 0 Å². The lowest BCUT2D eigenvalue weighted by molar-refractivity contribution is -0.148. The van der Waals surface area contributed by atoms with E-state index in [4.69, 9.17) is 4.74 Å². The molecule has 0 aromatic heterocycles. The van der Waals surface area contributed by atoms with Crippen molar-refractivity contribution in [3.63, 3.8) is 0 Å². The molecule has 120 valence electrons. The van der Waals surface area contributed by atoms with E-state index >= 15 is 0 Å². The van der Waals surface area contributed by atoms with Crippen LogP contribution >= 0.6 is 0 Å². The summed E-state index contributed by atoms with van der Waals surface area (Å²) < 4.78 is 5.36. The molecule has 0 aromatic rings. The summed E-state index contributed by atoms with van der Waals surface area (Å²) in [4.78, 5) is 23.5. The maximum Gasteiger partial charge on any atom is 0.315 e. The first-order valence-corrected chi connectivity index (χ1v) is 7.55. The first kappa shape index (κ1) is 16.1. The lowest BCUT2D eigenvalue weighted by Gasteiger charge is -2.51. The smallest absolute Gasteiger partial charge is 0.315 e. The standard InChI is InChI=1S/C15H26N2O4/c1-14(2)10(8-11(14)21-4)17-13(20)16-9-6-5-7-15(9,3)12(18)19/h9-11H,5-8H2,1-4H3,(H,18,19)(H2,16,17,20). The fourth-order valence-corrected chi connectivity index (χ4v) is 3.54. The second-order valence-corrected chi connectivity index (χ2v) is 7.12. The Morgan fingerprint density at radius 3 is 2.33 bits per heavy atom. The number of rotatable bonds is 4. The van der Waals surface area contributed by atoms with Crippen LogP contribution in [0.2, 0.25) is 0 Å². The summed E-state index contributed by atoms with van der Waals surface area (Å²) in [5.74, 6) is -0.839. The van der Waals surface area contributed by atoms with Crippen LogP contribution in [0.15, 0.2) is 0 Å². The minimum atomic E-state index is -0.860. The Hall–Kier alpha value is -1.30. The van der Waals surface area contributed by atoms with Gasteiger partial charge in [0.2, 0.25) is 0 Å². The van der Waals surface area contributed by atoms with Gasteiger partial charge in [-0.2, -0.15) is 0 Å². The highest BCUT2D eigenvalue weighted by atomic mass is 16.5. The Bertz CT molecular complexity index is 437. The zero-order valence-electron chi connectivity index (χ0n) is 13.2. The number of urea groups is 1. The molecule has 2 amide bonds. The van der Waals surface area contributed by atoms with Gasteiger partial charge >= 0.3 is 12.0 Å². The van der Waals surface area contributed by atoms with E-state index in [1.165, 1.54) is 0 Å². The van der Waals surface area contributed by atoms with Gasteiger partial charge in [-0.15, -0.1) is 0 Å². The molecule has 2 rings (SSSR count). The second kappa shape index (κ2) is 5.48. The topological polar surface area (TPSA) is 87.7 Å². The van der Waals surface area contributed by atoms with Crippen LogP contribution in [-0.4, -0.2) is 42.4 Å². The minimum absolute atomic E-state index is 0.0555. The molecule has 0 radical (unpaired) electrons. The molecule has 2 aliphatic carbocycles. The highest BCUT2D eigenvalue weighted by Gasteiger charge is 2.50. The second-order valence-electron chi connectivity index (χ2n) is 7.12. The average Bonchev–Trinajstić information content (AvgIpc) is 2.77. The lowest BCUT2D eigenvalue weighted by Crippen LogP contribution is -2.64. The van der Waals surface area contributed by atoms with Gasteiger partial charge in [-0.05, 0) is 26.2 Å². The molecular weight excluding hydrogens is 272 g/mol. The van der Waals surface area contributed by atoms with Gasteiger partial charge in [-0.25, -0.2) is 4.79 Å². The maximum absolute atomic E-state index is 12.1. The molecular formula is C15H26N2O4. The predicted octanol–water partition coefficient (Wildman–Crippen LogP) is 1.74. The molecule has 4 unspecified atom stereocenters. The molecule has 0 aromatic carbocycles. The highest BCUT2D eigenvalue weighted by Crippen LogP contribution is 2.42. The fourth-order valence-electron chi connectivity index (χ4n) is 3.54. The van der Waals surface area contributed by atoms with Gasteiger partial charge in [-0.3, -0.25) is 4.79 Å². The van der Waals surface area contributed by atoms with Crippen molar-refractivity contribution in [3.8, 4) is 0 Å². The highest BCUT2D eigenvalue weighted by molar-refractivity contribution is 5.79. The normalized spacial score (nSPS) is 37.6. The Morgan fingerprint density at radius 2 is 1.81 bits per heavy atom. The van der Waals surface area contributed by atoms with Crippen LogP contribution in [0, 0.1) is 10.8 Å². The Labute approximate surface area is 125 Å². The van der Waals surface area contributed by atoms with Crippen LogP contribution < -0.4 is 10.6 Å². The van der Waals surface area contributed by atoms with Gasteiger partial charge in [0.05, 0.1) is 11.5 Å². The van der Waals surface area contributed by atoms with Crippen molar-refractivity contribution in [1.29, 1.82) is 0 Å². The number of ether oxygens (including phenoxy) is 1. The molecule has 2 fully saturated rings. The molecule has 2 aliphatic rings. The lowest BCUT2D eigenvalue weighted by atomic mass is 9.64. The van der Waals surface area contributed by atoms with Crippen LogP contribution in [0.5, 0.6) is 0 Å². The molecule has 21 heavy (non-hydrogen) atoms. The van der Waals surface area contributed by atoms with E-state index in [1.54, 1.807) is 14.0 Å². The SMILES string of the molecule is COC1CC(NC(=O)NC2CCCC2(C)C(=O)O)C1(C)C. The van der Waals surface area contributed by atoms with E-state index in [2.05, 4.69) is 24.5 Å². The third-order valence-electron chi connectivity index (χ3n) is 5.52. The minimum Gasteiger partial charge on any atom is -0.481 e. The van der Waals surface area contributed by atoms with Crippen molar-refractivity contribution in [2.75, 3.05) is 7.11 Å². The van der Waals surface area contributed by atoms with Crippen LogP contribution in [0.3, 0.4) is 0 Å². The van der Waals surface area contributed by atoms with Crippen molar-refractivity contribution in [2.24, 2.45) is 10.8 Å². The first-order chi connectivity index (χ1) is 9.71. The van der Waals surface area contributed by atoms with Crippen molar-refractivity contribution >= 4 is 12.0 Å². The van der Waals surface area contributed by atoms with Gasteiger partial charge in [0.15, 0.2) is 0 Å². The number of aliphatic carboxylic acids is 1. The van der Waals surface area contributed by atoms with Crippen molar-refractivity contribution in [2.45, 2.75) is 64.6 Å². The van der Waals surface area contributed by atoms with Gasteiger partial charge in [-0.1, -0.05) is 20.3 Å². The molecule has 6 heteroatoms. The summed E-state index contributed by atoms with van der Waals surface area (Å²) in [5, 5.41) is 15.2. The number of carboxylic acids is 1.